The van der Waals surface area contributed by atoms with Gasteiger partial charge in [0.25, 0.3) is 0 Å². The number of likely N-dealkylation sites (tertiary alicyclic amines) is 1. The molecule has 25 heavy (non-hydrogen) atoms. The van der Waals surface area contributed by atoms with Gasteiger partial charge in [0, 0.05) is 37.9 Å². The topological polar surface area (TPSA) is 63.7 Å². The van der Waals surface area contributed by atoms with Crippen molar-refractivity contribution in [1.82, 2.24) is 9.88 Å². The van der Waals surface area contributed by atoms with E-state index in [0.29, 0.717) is 23.8 Å². The third kappa shape index (κ3) is 2.81. The molecule has 1 N–H and O–H groups in total. The summed E-state index contributed by atoms with van der Waals surface area (Å²) in [5.74, 6) is 2.43. The predicted molar refractivity (Wildman–Crippen MR) is 92.1 cm³/mol. The molecule has 0 aromatic carbocycles. The van der Waals surface area contributed by atoms with E-state index in [1.165, 1.54) is 0 Å². The maximum absolute atomic E-state index is 12.8. The molecule has 1 aliphatic carbocycles. The number of nitrogens with zero attached hydrogens (tertiary/aromatic N) is 2. The molecule has 1 unspecified atom stereocenters. The summed E-state index contributed by atoms with van der Waals surface area (Å²) < 4.78 is 11.6. The second kappa shape index (κ2) is 5.95. The highest BCUT2D eigenvalue weighted by Gasteiger charge is 2.60. The van der Waals surface area contributed by atoms with Crippen LogP contribution in [0.4, 0.5) is 5.82 Å². The van der Waals surface area contributed by atoms with Crippen LogP contribution in [0.5, 0.6) is 0 Å². The number of rotatable bonds is 3. The lowest BCUT2D eigenvalue weighted by molar-refractivity contribution is -0.135. The quantitative estimate of drug-likeness (QED) is 0.902. The van der Waals surface area contributed by atoms with Crippen molar-refractivity contribution in [2.24, 2.45) is 17.8 Å². The van der Waals surface area contributed by atoms with E-state index in [9.17, 15) is 4.79 Å². The standard InChI is InChI=1S/C19H25N3O3/c23-18(17-14-10-24-11-15(14)17)22-7-5-19(12-22)9-13(4-8-25-19)21-16-3-1-2-6-20-16/h1-3,6,13-15,17H,4-5,7-12H2,(H,20,21)/t13-,14-,15+,17?,19-/m1/s1. The molecule has 1 aromatic heterocycles. The van der Waals surface area contributed by atoms with E-state index >= 15 is 0 Å². The Hall–Kier alpha value is -1.66. The van der Waals surface area contributed by atoms with Gasteiger partial charge >= 0.3 is 0 Å². The lowest BCUT2D eigenvalue weighted by Gasteiger charge is -2.38. The number of aromatic nitrogens is 1. The van der Waals surface area contributed by atoms with E-state index in [4.69, 9.17) is 9.47 Å². The molecule has 5 atom stereocenters. The van der Waals surface area contributed by atoms with Crippen molar-refractivity contribution in [1.29, 1.82) is 0 Å². The first-order chi connectivity index (χ1) is 12.2. The maximum atomic E-state index is 12.8. The molecule has 0 bridgehead atoms. The number of carbonyl (C=O) groups is 1. The predicted octanol–water partition coefficient (Wildman–Crippen LogP) is 1.54. The highest BCUT2D eigenvalue weighted by Crippen LogP contribution is 2.52. The van der Waals surface area contributed by atoms with Gasteiger partial charge in [-0.1, -0.05) is 6.07 Å². The zero-order valence-electron chi connectivity index (χ0n) is 14.4. The maximum Gasteiger partial charge on any atom is 0.226 e. The Bertz CT molecular complexity index is 645. The van der Waals surface area contributed by atoms with E-state index in [0.717, 1.165) is 58.0 Å². The lowest BCUT2D eigenvalue weighted by Crippen LogP contribution is -2.47. The van der Waals surface area contributed by atoms with Gasteiger partial charge in [0.2, 0.25) is 5.91 Å². The Morgan fingerprint density at radius 3 is 3.00 bits per heavy atom. The molecule has 1 amide bonds. The summed E-state index contributed by atoms with van der Waals surface area (Å²) >= 11 is 0. The van der Waals surface area contributed by atoms with Crippen LogP contribution >= 0.6 is 0 Å². The summed E-state index contributed by atoms with van der Waals surface area (Å²) in [5, 5.41) is 3.53. The van der Waals surface area contributed by atoms with Crippen molar-refractivity contribution in [3.63, 3.8) is 0 Å². The van der Waals surface area contributed by atoms with E-state index < -0.39 is 0 Å². The first-order valence-corrected chi connectivity index (χ1v) is 9.42. The first-order valence-electron chi connectivity index (χ1n) is 9.42. The molecule has 4 aliphatic rings. The van der Waals surface area contributed by atoms with Crippen molar-refractivity contribution in [3.8, 4) is 0 Å². The molecule has 4 heterocycles. The number of pyridine rings is 1. The Labute approximate surface area is 147 Å². The Kier molecular flexibility index (Phi) is 3.71. The second-order valence-electron chi connectivity index (χ2n) is 7.98. The summed E-state index contributed by atoms with van der Waals surface area (Å²) in [7, 11) is 0. The fraction of sp³-hybridized carbons (Fsp3) is 0.684. The third-order valence-electron chi connectivity index (χ3n) is 6.38. The summed E-state index contributed by atoms with van der Waals surface area (Å²) in [5.41, 5.74) is -0.180. The average molecular weight is 343 g/mol. The van der Waals surface area contributed by atoms with Gasteiger partial charge in [0.05, 0.1) is 18.8 Å². The summed E-state index contributed by atoms with van der Waals surface area (Å²) in [6, 6.07) is 6.28. The molecular formula is C19H25N3O3. The molecular weight excluding hydrogens is 318 g/mol. The van der Waals surface area contributed by atoms with Gasteiger partial charge in [-0.3, -0.25) is 4.79 Å². The van der Waals surface area contributed by atoms with Crippen LogP contribution in [-0.2, 0) is 14.3 Å². The van der Waals surface area contributed by atoms with Crippen molar-refractivity contribution in [2.45, 2.75) is 30.9 Å². The number of anilines is 1. The normalized spacial score (nSPS) is 39.4. The van der Waals surface area contributed by atoms with Gasteiger partial charge in [-0.15, -0.1) is 0 Å². The van der Waals surface area contributed by atoms with Gasteiger partial charge in [-0.05, 0) is 43.2 Å². The molecule has 0 radical (unpaired) electrons. The molecule has 1 spiro atoms. The number of hydrogen-bond acceptors (Lipinski definition) is 5. The van der Waals surface area contributed by atoms with E-state index in [2.05, 4.69) is 10.3 Å². The smallest absolute Gasteiger partial charge is 0.226 e. The Balaban J connectivity index is 1.21. The van der Waals surface area contributed by atoms with Gasteiger partial charge in [-0.2, -0.15) is 0 Å². The van der Waals surface area contributed by atoms with Crippen LogP contribution in [0.25, 0.3) is 0 Å². The van der Waals surface area contributed by atoms with Crippen molar-refractivity contribution in [3.05, 3.63) is 24.4 Å². The first kappa shape index (κ1) is 15.6. The largest absolute Gasteiger partial charge is 0.381 e. The van der Waals surface area contributed by atoms with Crippen LogP contribution in [0, 0.1) is 17.8 Å². The number of nitrogens with one attached hydrogen (secondary N) is 1. The highest BCUT2D eigenvalue weighted by molar-refractivity contribution is 5.83. The fourth-order valence-electron chi connectivity index (χ4n) is 4.94. The van der Waals surface area contributed by atoms with E-state index in [1.807, 2.05) is 29.3 Å². The third-order valence-corrected chi connectivity index (χ3v) is 6.38. The minimum atomic E-state index is -0.180. The molecule has 3 saturated heterocycles. The summed E-state index contributed by atoms with van der Waals surface area (Å²) in [6.45, 7) is 3.85. The van der Waals surface area contributed by atoms with Crippen molar-refractivity contribution < 1.29 is 14.3 Å². The second-order valence-corrected chi connectivity index (χ2v) is 7.98. The molecule has 3 aliphatic heterocycles. The van der Waals surface area contributed by atoms with Gasteiger partial charge < -0.3 is 19.7 Å². The van der Waals surface area contributed by atoms with Crippen LogP contribution in [0.1, 0.15) is 19.3 Å². The summed E-state index contributed by atoms with van der Waals surface area (Å²) in [6.07, 6.45) is 4.67. The zero-order valence-corrected chi connectivity index (χ0v) is 14.4. The van der Waals surface area contributed by atoms with Gasteiger partial charge in [-0.25, -0.2) is 4.98 Å². The Morgan fingerprint density at radius 2 is 2.20 bits per heavy atom. The lowest BCUT2D eigenvalue weighted by atomic mass is 9.89. The molecule has 5 rings (SSSR count). The monoisotopic (exact) mass is 343 g/mol. The molecule has 1 saturated carbocycles. The van der Waals surface area contributed by atoms with Crippen molar-refractivity contribution >= 4 is 11.7 Å². The van der Waals surface area contributed by atoms with Crippen LogP contribution in [0.3, 0.4) is 0 Å². The fourth-order valence-corrected chi connectivity index (χ4v) is 4.94. The van der Waals surface area contributed by atoms with Crippen LogP contribution in [-0.4, -0.2) is 60.3 Å². The van der Waals surface area contributed by atoms with E-state index in [1.54, 1.807) is 0 Å². The average Bonchev–Trinajstić information content (AvgIpc) is 2.96. The van der Waals surface area contributed by atoms with Crippen LogP contribution in [0.15, 0.2) is 24.4 Å². The van der Waals surface area contributed by atoms with Crippen LogP contribution in [0.2, 0.25) is 0 Å². The number of hydrogen-bond donors (Lipinski definition) is 1. The molecule has 134 valence electrons. The van der Waals surface area contributed by atoms with Gasteiger partial charge in [0.15, 0.2) is 0 Å². The SMILES string of the molecule is O=C(C1[C@H]2COC[C@@H]12)N1CC[C@@]2(C[C@H](Nc3ccccn3)CCO2)C1. The Morgan fingerprint density at radius 1 is 1.32 bits per heavy atom. The molecule has 6 heteroatoms. The minimum Gasteiger partial charge on any atom is -0.381 e. The van der Waals surface area contributed by atoms with Crippen LogP contribution < -0.4 is 5.32 Å². The molecule has 1 aromatic rings. The number of amides is 1. The van der Waals surface area contributed by atoms with Crippen molar-refractivity contribution in [2.75, 3.05) is 38.2 Å². The number of ether oxygens (including phenoxy) is 2. The zero-order chi connectivity index (χ0) is 16.9. The number of fused-ring (bicyclic) bond motifs is 1. The van der Waals surface area contributed by atoms with Gasteiger partial charge in [0.1, 0.15) is 5.82 Å². The molecule has 6 nitrogen and oxygen atoms in total. The summed E-state index contributed by atoms with van der Waals surface area (Å²) in [4.78, 5) is 19.2. The van der Waals surface area contributed by atoms with E-state index in [-0.39, 0.29) is 11.5 Å². The minimum absolute atomic E-state index is 0.180. The molecule has 4 fully saturated rings. The number of carbonyl (C=O) groups excluding carboxylic acids is 1. The highest BCUT2D eigenvalue weighted by atomic mass is 16.5.